The minimum atomic E-state index is -0.206. The van der Waals surface area contributed by atoms with Gasteiger partial charge in [-0.3, -0.25) is 0 Å². The number of nitrogens with zero attached hydrogens (tertiary/aromatic N) is 3. The zero-order valence-electron chi connectivity index (χ0n) is 13.2. The summed E-state index contributed by atoms with van der Waals surface area (Å²) in [4.78, 5) is 11.3. The third kappa shape index (κ3) is 7.37. The van der Waals surface area contributed by atoms with E-state index in [1.807, 2.05) is 6.07 Å². The first-order chi connectivity index (χ1) is 10.8. The van der Waals surface area contributed by atoms with Crippen molar-refractivity contribution in [3.05, 3.63) is 28.8 Å². The quantitative estimate of drug-likeness (QED) is 0.461. The third-order valence-corrected chi connectivity index (χ3v) is 2.76. The molecule has 0 aromatic heterocycles. The van der Waals surface area contributed by atoms with Gasteiger partial charge in [-0.15, -0.1) is 0 Å². The molecule has 0 radical (unpaired) electrons. The van der Waals surface area contributed by atoms with Crippen molar-refractivity contribution in [2.75, 3.05) is 6.61 Å². The summed E-state index contributed by atoms with van der Waals surface area (Å²) in [6, 6.07) is 5.40. The lowest BCUT2D eigenvalue weighted by atomic mass is 10.2. The molecular weight excluding hydrogens is 318 g/mol. The van der Waals surface area contributed by atoms with Gasteiger partial charge >= 0.3 is 0 Å². The van der Waals surface area contributed by atoms with Crippen LogP contribution in [-0.2, 0) is 6.54 Å². The van der Waals surface area contributed by atoms with Crippen molar-refractivity contribution in [1.82, 2.24) is 0 Å². The van der Waals surface area contributed by atoms with E-state index in [0.717, 1.165) is 5.56 Å². The van der Waals surface area contributed by atoms with E-state index in [1.54, 1.807) is 12.1 Å². The second kappa shape index (κ2) is 8.84. The Morgan fingerprint density at radius 2 is 1.83 bits per heavy atom. The third-order valence-electron chi connectivity index (χ3n) is 2.46. The molecule has 9 heteroatoms. The summed E-state index contributed by atoms with van der Waals surface area (Å²) in [6.07, 6.45) is 0. The van der Waals surface area contributed by atoms with E-state index < -0.39 is 0 Å². The van der Waals surface area contributed by atoms with Crippen molar-refractivity contribution >= 4 is 29.5 Å². The first-order valence-corrected chi connectivity index (χ1v) is 7.30. The van der Waals surface area contributed by atoms with Crippen molar-refractivity contribution in [3.8, 4) is 5.75 Å². The van der Waals surface area contributed by atoms with E-state index in [2.05, 4.69) is 28.8 Å². The SMILES string of the molecule is CC(C)COc1ccc(CN=C(N)N=C(N)N=C(N)N)cc1Cl. The smallest absolute Gasteiger partial charge is 0.226 e. The molecule has 0 aliphatic heterocycles. The number of hydrogen-bond acceptors (Lipinski definition) is 2. The molecule has 8 N–H and O–H groups in total. The predicted molar refractivity (Wildman–Crippen MR) is 94.5 cm³/mol. The molecule has 0 aliphatic rings. The number of hydrogen-bond donors (Lipinski definition) is 4. The van der Waals surface area contributed by atoms with Gasteiger partial charge in [0, 0.05) is 0 Å². The molecule has 0 fully saturated rings. The lowest BCUT2D eigenvalue weighted by molar-refractivity contribution is 0.271. The number of rotatable bonds is 5. The summed E-state index contributed by atoms with van der Waals surface area (Å²) in [5.41, 5.74) is 22.3. The van der Waals surface area contributed by atoms with Crippen LogP contribution in [-0.4, -0.2) is 24.5 Å². The maximum atomic E-state index is 6.17. The van der Waals surface area contributed by atoms with Crippen LogP contribution in [0.15, 0.2) is 33.2 Å². The number of aliphatic imine (C=N–C) groups is 3. The Morgan fingerprint density at radius 1 is 1.13 bits per heavy atom. The van der Waals surface area contributed by atoms with Gasteiger partial charge in [-0.05, 0) is 23.6 Å². The largest absolute Gasteiger partial charge is 0.492 e. The van der Waals surface area contributed by atoms with Crippen LogP contribution in [0.1, 0.15) is 19.4 Å². The van der Waals surface area contributed by atoms with Gasteiger partial charge in [0.1, 0.15) is 5.75 Å². The van der Waals surface area contributed by atoms with Gasteiger partial charge in [0.05, 0.1) is 18.2 Å². The fourth-order valence-corrected chi connectivity index (χ4v) is 1.76. The molecular formula is C14H22ClN7O. The molecule has 0 amide bonds. The summed E-state index contributed by atoms with van der Waals surface area (Å²) in [5.74, 6) is 0.646. The maximum Gasteiger partial charge on any atom is 0.226 e. The Hall–Kier alpha value is -2.48. The van der Waals surface area contributed by atoms with Crippen LogP contribution in [0.2, 0.25) is 5.02 Å². The van der Waals surface area contributed by atoms with Crippen LogP contribution in [0.4, 0.5) is 0 Å². The number of ether oxygens (including phenoxy) is 1. The average molecular weight is 340 g/mol. The van der Waals surface area contributed by atoms with Crippen molar-refractivity contribution in [3.63, 3.8) is 0 Å². The molecule has 0 saturated carbocycles. The lowest BCUT2D eigenvalue weighted by Crippen LogP contribution is -2.27. The van der Waals surface area contributed by atoms with Crippen molar-refractivity contribution in [2.45, 2.75) is 20.4 Å². The zero-order chi connectivity index (χ0) is 17.4. The topological polar surface area (TPSA) is 150 Å². The fraction of sp³-hybridized carbons (Fsp3) is 0.357. The highest BCUT2D eigenvalue weighted by molar-refractivity contribution is 6.32. The van der Waals surface area contributed by atoms with E-state index >= 15 is 0 Å². The van der Waals surface area contributed by atoms with E-state index in [-0.39, 0.29) is 24.4 Å². The summed E-state index contributed by atoms with van der Waals surface area (Å²) >= 11 is 6.17. The molecule has 1 rings (SSSR count). The van der Waals surface area contributed by atoms with Crippen molar-refractivity contribution < 1.29 is 4.74 Å². The van der Waals surface area contributed by atoms with Crippen LogP contribution in [0, 0.1) is 5.92 Å². The Labute approximate surface area is 140 Å². The predicted octanol–water partition coefficient (Wildman–Crippen LogP) is 0.778. The van der Waals surface area contributed by atoms with Gasteiger partial charge in [0.2, 0.25) is 11.9 Å². The number of benzene rings is 1. The fourth-order valence-electron chi connectivity index (χ4n) is 1.50. The average Bonchev–Trinajstić information content (AvgIpc) is 2.42. The number of guanidine groups is 3. The molecule has 0 saturated heterocycles. The van der Waals surface area contributed by atoms with E-state index in [4.69, 9.17) is 39.3 Å². The van der Waals surface area contributed by atoms with Crippen LogP contribution >= 0.6 is 11.6 Å². The van der Waals surface area contributed by atoms with Crippen molar-refractivity contribution in [1.29, 1.82) is 0 Å². The minimum absolute atomic E-state index is 0.0382. The first kappa shape index (κ1) is 18.6. The molecule has 23 heavy (non-hydrogen) atoms. The van der Waals surface area contributed by atoms with Crippen LogP contribution in [0.3, 0.4) is 0 Å². The Bertz CT molecular complexity index is 622. The second-order valence-electron chi connectivity index (χ2n) is 5.15. The summed E-state index contributed by atoms with van der Waals surface area (Å²) < 4.78 is 5.60. The molecule has 0 heterocycles. The molecule has 1 aromatic carbocycles. The normalized spacial score (nSPS) is 12.3. The monoisotopic (exact) mass is 339 g/mol. The van der Waals surface area contributed by atoms with Crippen LogP contribution in [0.5, 0.6) is 5.75 Å². The Kier molecular flexibility index (Phi) is 7.14. The molecule has 0 spiro atoms. The molecule has 0 aliphatic carbocycles. The van der Waals surface area contributed by atoms with E-state index in [1.165, 1.54) is 0 Å². The summed E-state index contributed by atoms with van der Waals surface area (Å²) in [6.45, 7) is 5.01. The summed E-state index contributed by atoms with van der Waals surface area (Å²) in [7, 11) is 0. The minimum Gasteiger partial charge on any atom is -0.492 e. The molecule has 126 valence electrons. The second-order valence-corrected chi connectivity index (χ2v) is 5.56. The number of halogens is 1. The van der Waals surface area contributed by atoms with Gasteiger partial charge in [0.25, 0.3) is 0 Å². The van der Waals surface area contributed by atoms with Crippen LogP contribution in [0.25, 0.3) is 0 Å². The van der Waals surface area contributed by atoms with Gasteiger partial charge < -0.3 is 27.7 Å². The highest BCUT2D eigenvalue weighted by atomic mass is 35.5. The Balaban J connectivity index is 2.73. The molecule has 0 bridgehead atoms. The molecule has 8 nitrogen and oxygen atoms in total. The van der Waals surface area contributed by atoms with E-state index in [0.29, 0.717) is 23.3 Å². The standard InChI is InChI=1S/C14H22ClN7O/c1-8(2)7-23-11-4-3-9(5-10(11)15)6-20-13(18)22-14(19)21-12(16)17/h3-5,8H,6-7H2,1-2H3,(H8,16,17,18,19,20,21,22). The van der Waals surface area contributed by atoms with Crippen LogP contribution < -0.4 is 27.7 Å². The highest BCUT2D eigenvalue weighted by Gasteiger charge is 2.04. The first-order valence-electron chi connectivity index (χ1n) is 6.93. The lowest BCUT2D eigenvalue weighted by Gasteiger charge is -2.10. The number of nitrogens with two attached hydrogens (primary N) is 4. The summed E-state index contributed by atoms with van der Waals surface area (Å²) in [5, 5.41) is 0.514. The maximum absolute atomic E-state index is 6.17. The molecule has 0 atom stereocenters. The highest BCUT2D eigenvalue weighted by Crippen LogP contribution is 2.26. The van der Waals surface area contributed by atoms with E-state index in [9.17, 15) is 0 Å². The molecule has 0 unspecified atom stereocenters. The molecule has 1 aromatic rings. The van der Waals surface area contributed by atoms with Crippen molar-refractivity contribution in [2.24, 2.45) is 43.8 Å². The van der Waals surface area contributed by atoms with Gasteiger partial charge in [-0.1, -0.05) is 31.5 Å². The van der Waals surface area contributed by atoms with Gasteiger partial charge in [-0.25, -0.2) is 4.99 Å². The van der Waals surface area contributed by atoms with Gasteiger partial charge in [-0.2, -0.15) is 9.98 Å². The van der Waals surface area contributed by atoms with Gasteiger partial charge in [0.15, 0.2) is 5.96 Å². The zero-order valence-corrected chi connectivity index (χ0v) is 13.9. The Morgan fingerprint density at radius 3 is 2.39 bits per heavy atom.